The number of benzene rings is 2. The topological polar surface area (TPSA) is 79.4 Å². The van der Waals surface area contributed by atoms with Crippen LogP contribution in [0.15, 0.2) is 42.5 Å². The van der Waals surface area contributed by atoms with E-state index in [4.69, 9.17) is 4.74 Å². The molecule has 0 atom stereocenters. The molecular formula is C18H17N5O2. The number of fused-ring (bicyclic) bond motifs is 2. The van der Waals surface area contributed by atoms with E-state index in [0.717, 1.165) is 16.6 Å². The number of methoxy groups -OCH3 is 1. The number of ether oxygens (including phenoxy) is 1. The van der Waals surface area contributed by atoms with Crippen molar-refractivity contribution in [2.24, 2.45) is 0 Å². The first-order chi connectivity index (χ1) is 12.2. The number of hydrogen-bond acceptors (Lipinski definition) is 6. The largest absolute Gasteiger partial charge is 0.497 e. The molecule has 0 aliphatic carbocycles. The van der Waals surface area contributed by atoms with Gasteiger partial charge in [-0.25, -0.2) is 4.98 Å². The van der Waals surface area contributed by atoms with Crippen molar-refractivity contribution in [2.45, 2.75) is 0 Å². The summed E-state index contributed by atoms with van der Waals surface area (Å²) in [7, 11) is 3.37. The van der Waals surface area contributed by atoms with Crippen molar-refractivity contribution < 1.29 is 9.53 Å². The van der Waals surface area contributed by atoms with Gasteiger partial charge in [-0.3, -0.25) is 4.79 Å². The number of carbonyl (C=O) groups excluding carboxylic acids is 1. The maximum Gasteiger partial charge on any atom is 0.244 e. The van der Waals surface area contributed by atoms with Gasteiger partial charge in [0.1, 0.15) is 18.1 Å². The molecule has 2 heterocycles. The Bertz CT molecular complexity index is 973. The number of nitrogens with zero attached hydrogens (tertiary/aromatic N) is 3. The molecule has 7 nitrogen and oxygen atoms in total. The molecule has 2 aromatic carbocycles. The number of aromatic nitrogens is 2. The lowest BCUT2D eigenvalue weighted by Gasteiger charge is -2.31. The number of amides is 1. The van der Waals surface area contributed by atoms with Gasteiger partial charge in [-0.1, -0.05) is 12.1 Å². The van der Waals surface area contributed by atoms with Crippen molar-refractivity contribution >= 4 is 40.0 Å². The number of hydrogen-bond donors (Lipinski definition) is 2. The smallest absolute Gasteiger partial charge is 0.244 e. The van der Waals surface area contributed by atoms with Gasteiger partial charge >= 0.3 is 0 Å². The molecule has 0 radical (unpaired) electrons. The second-order valence-electron chi connectivity index (χ2n) is 5.66. The molecule has 0 bridgehead atoms. The summed E-state index contributed by atoms with van der Waals surface area (Å²) < 4.78 is 5.26. The molecule has 25 heavy (non-hydrogen) atoms. The monoisotopic (exact) mass is 335 g/mol. The summed E-state index contributed by atoms with van der Waals surface area (Å²) in [6.07, 6.45) is 0. The van der Waals surface area contributed by atoms with E-state index in [1.807, 2.05) is 47.4 Å². The van der Waals surface area contributed by atoms with Crippen molar-refractivity contribution in [1.29, 1.82) is 0 Å². The summed E-state index contributed by atoms with van der Waals surface area (Å²) in [5.74, 6) is 1.78. The molecule has 1 aromatic heterocycles. The summed E-state index contributed by atoms with van der Waals surface area (Å²) in [6, 6.07) is 13.4. The van der Waals surface area contributed by atoms with Crippen LogP contribution >= 0.6 is 0 Å². The highest BCUT2D eigenvalue weighted by molar-refractivity contribution is 6.05. The Balaban J connectivity index is 1.93. The number of carbonyl (C=O) groups is 1. The molecule has 0 unspecified atom stereocenters. The van der Waals surface area contributed by atoms with Crippen LogP contribution in [0.25, 0.3) is 10.9 Å². The van der Waals surface area contributed by atoms with Crippen LogP contribution in [0.3, 0.4) is 0 Å². The predicted octanol–water partition coefficient (Wildman–Crippen LogP) is 2.77. The SMILES string of the molecule is CNc1nc(N2CC(=O)Nc3cc(OC)ccc32)c2ccccc2n1. The van der Waals surface area contributed by atoms with Crippen LogP contribution in [0.5, 0.6) is 5.75 Å². The van der Waals surface area contributed by atoms with E-state index in [1.165, 1.54) is 0 Å². The third kappa shape index (κ3) is 2.59. The molecule has 1 amide bonds. The Morgan fingerprint density at radius 2 is 2.04 bits per heavy atom. The Morgan fingerprint density at radius 1 is 1.20 bits per heavy atom. The lowest BCUT2D eigenvalue weighted by Crippen LogP contribution is -2.35. The van der Waals surface area contributed by atoms with Crippen LogP contribution in [0, 0.1) is 0 Å². The normalized spacial score (nSPS) is 13.4. The number of anilines is 4. The first kappa shape index (κ1) is 15.2. The van der Waals surface area contributed by atoms with E-state index in [0.29, 0.717) is 23.2 Å². The maximum absolute atomic E-state index is 12.2. The average Bonchev–Trinajstić information content (AvgIpc) is 2.65. The molecular weight excluding hydrogens is 318 g/mol. The van der Waals surface area contributed by atoms with E-state index >= 15 is 0 Å². The van der Waals surface area contributed by atoms with Crippen LogP contribution in [-0.4, -0.2) is 36.6 Å². The van der Waals surface area contributed by atoms with Gasteiger partial charge < -0.3 is 20.3 Å². The van der Waals surface area contributed by atoms with Crippen molar-refractivity contribution in [1.82, 2.24) is 9.97 Å². The van der Waals surface area contributed by atoms with Crippen molar-refractivity contribution in [3.05, 3.63) is 42.5 Å². The highest BCUT2D eigenvalue weighted by Gasteiger charge is 2.26. The fourth-order valence-electron chi connectivity index (χ4n) is 2.96. The molecule has 2 N–H and O–H groups in total. The molecule has 1 aliphatic heterocycles. The summed E-state index contributed by atoms with van der Waals surface area (Å²) in [5, 5.41) is 6.76. The Morgan fingerprint density at radius 3 is 2.84 bits per heavy atom. The van der Waals surface area contributed by atoms with Gasteiger partial charge in [0.25, 0.3) is 0 Å². The fourth-order valence-corrected chi connectivity index (χ4v) is 2.96. The third-order valence-corrected chi connectivity index (χ3v) is 4.13. The van der Waals surface area contributed by atoms with Gasteiger partial charge in [0.05, 0.1) is 24.0 Å². The highest BCUT2D eigenvalue weighted by atomic mass is 16.5. The predicted molar refractivity (Wildman–Crippen MR) is 97.7 cm³/mol. The Kier molecular flexibility index (Phi) is 3.61. The lowest BCUT2D eigenvalue weighted by molar-refractivity contribution is -0.115. The summed E-state index contributed by atoms with van der Waals surface area (Å²) >= 11 is 0. The first-order valence-corrected chi connectivity index (χ1v) is 7.89. The van der Waals surface area contributed by atoms with Gasteiger partial charge in [0, 0.05) is 18.5 Å². The quantitative estimate of drug-likeness (QED) is 0.766. The van der Waals surface area contributed by atoms with Gasteiger partial charge in [-0.05, 0) is 24.3 Å². The lowest BCUT2D eigenvalue weighted by atomic mass is 10.1. The summed E-state index contributed by atoms with van der Waals surface area (Å²) in [4.78, 5) is 23.2. The minimum absolute atomic E-state index is 0.102. The van der Waals surface area contributed by atoms with Crippen molar-refractivity contribution in [3.8, 4) is 5.75 Å². The average molecular weight is 335 g/mol. The highest BCUT2D eigenvalue weighted by Crippen LogP contribution is 2.39. The zero-order valence-corrected chi connectivity index (χ0v) is 13.9. The Labute approximate surface area is 144 Å². The number of para-hydroxylation sites is 1. The van der Waals surface area contributed by atoms with E-state index in [1.54, 1.807) is 14.2 Å². The molecule has 0 fully saturated rings. The number of nitrogens with one attached hydrogen (secondary N) is 2. The van der Waals surface area contributed by atoms with Crippen LogP contribution in [0.1, 0.15) is 0 Å². The Hall–Kier alpha value is -3.35. The summed E-state index contributed by atoms with van der Waals surface area (Å²) in [6.45, 7) is 0.184. The van der Waals surface area contributed by atoms with E-state index in [-0.39, 0.29) is 12.5 Å². The molecule has 7 heteroatoms. The van der Waals surface area contributed by atoms with Crippen LogP contribution in [0.4, 0.5) is 23.1 Å². The van der Waals surface area contributed by atoms with Crippen molar-refractivity contribution in [3.63, 3.8) is 0 Å². The molecule has 126 valence electrons. The number of rotatable bonds is 3. The maximum atomic E-state index is 12.2. The van der Waals surface area contributed by atoms with Crippen molar-refractivity contribution in [2.75, 3.05) is 36.2 Å². The van der Waals surface area contributed by atoms with E-state index in [9.17, 15) is 4.79 Å². The minimum Gasteiger partial charge on any atom is -0.497 e. The van der Waals surface area contributed by atoms with E-state index < -0.39 is 0 Å². The molecule has 0 saturated carbocycles. The molecule has 3 aromatic rings. The molecule has 0 spiro atoms. The first-order valence-electron chi connectivity index (χ1n) is 7.89. The van der Waals surface area contributed by atoms with Gasteiger partial charge in [-0.2, -0.15) is 4.98 Å². The molecule has 4 rings (SSSR count). The van der Waals surface area contributed by atoms with Crippen LogP contribution < -0.4 is 20.3 Å². The fraction of sp³-hybridized carbons (Fsp3) is 0.167. The van der Waals surface area contributed by atoms with E-state index in [2.05, 4.69) is 20.6 Å². The van der Waals surface area contributed by atoms with Gasteiger partial charge in [0.15, 0.2) is 0 Å². The minimum atomic E-state index is -0.102. The summed E-state index contributed by atoms with van der Waals surface area (Å²) in [5.41, 5.74) is 2.38. The zero-order valence-electron chi connectivity index (χ0n) is 13.9. The van der Waals surface area contributed by atoms with Gasteiger partial charge in [0.2, 0.25) is 11.9 Å². The standard InChI is InChI=1S/C18H17N5O2/c1-19-18-21-13-6-4-3-5-12(13)17(22-18)23-10-16(24)20-14-9-11(25-2)7-8-15(14)23/h3-9H,10H2,1-2H3,(H,20,24)(H,19,21,22). The molecule has 0 saturated heterocycles. The molecule has 1 aliphatic rings. The zero-order chi connectivity index (χ0) is 17.4. The second kappa shape index (κ2) is 5.94. The van der Waals surface area contributed by atoms with Crippen LogP contribution in [0.2, 0.25) is 0 Å². The van der Waals surface area contributed by atoms with Crippen LogP contribution in [-0.2, 0) is 4.79 Å². The third-order valence-electron chi connectivity index (χ3n) is 4.13. The second-order valence-corrected chi connectivity index (χ2v) is 5.66. The van der Waals surface area contributed by atoms with Gasteiger partial charge in [-0.15, -0.1) is 0 Å².